The van der Waals surface area contributed by atoms with Crippen LogP contribution < -0.4 is 40.2 Å². The minimum atomic E-state index is 0. The Labute approximate surface area is 112 Å². The number of hydrogen-bond acceptors (Lipinski definition) is 2. The van der Waals surface area contributed by atoms with Gasteiger partial charge < -0.3 is 6.74 Å². The van der Waals surface area contributed by atoms with Crippen LogP contribution in [0.4, 0.5) is 5.69 Å². The number of anilines is 1. The van der Waals surface area contributed by atoms with Crippen LogP contribution in [0.2, 0.25) is 0 Å². The second-order valence-corrected chi connectivity index (χ2v) is 2.91. The van der Waals surface area contributed by atoms with Crippen molar-refractivity contribution in [3.8, 4) is 6.19 Å². The van der Waals surface area contributed by atoms with E-state index in [4.69, 9.17) is 17.5 Å². The molecule has 0 radical (unpaired) electrons. The van der Waals surface area contributed by atoms with Crippen LogP contribution in [0.3, 0.4) is 0 Å². The Morgan fingerprint density at radius 2 is 2.14 bits per heavy atom. The van der Waals surface area contributed by atoms with Gasteiger partial charge in [0.2, 0.25) is 0 Å². The molecule has 0 spiro atoms. The maximum absolute atomic E-state index is 8.30. The van der Waals surface area contributed by atoms with Crippen molar-refractivity contribution in [2.75, 3.05) is 5.32 Å². The number of nitrogens with one attached hydrogen (secondary N) is 2. The zero-order valence-corrected chi connectivity index (χ0v) is 11.0. The molecule has 0 bridgehead atoms. The molecule has 0 unspecified atom stereocenters. The number of para-hydroxylation sites is 1. The summed E-state index contributed by atoms with van der Waals surface area (Å²) < 4.78 is 0. The summed E-state index contributed by atoms with van der Waals surface area (Å²) in [5.74, 6) is 0. The monoisotopic (exact) mass is 215 g/mol. The summed E-state index contributed by atoms with van der Waals surface area (Å²) in [6, 6.07) is 7.73. The first-order valence-electron chi connectivity index (χ1n) is 3.76. The van der Waals surface area contributed by atoms with Gasteiger partial charge in [0.25, 0.3) is 0 Å². The van der Waals surface area contributed by atoms with Gasteiger partial charge in [-0.2, -0.15) is 5.26 Å². The fourth-order valence-corrected chi connectivity index (χ4v) is 1.07. The fourth-order valence-electron chi connectivity index (χ4n) is 0.917. The molecule has 3 nitrogen and oxygen atoms in total. The van der Waals surface area contributed by atoms with Crippen LogP contribution in [0.15, 0.2) is 24.3 Å². The van der Waals surface area contributed by atoms with E-state index in [0.29, 0.717) is 5.11 Å². The van der Waals surface area contributed by atoms with Crippen LogP contribution in [0.25, 0.3) is 0 Å². The number of nitriles is 1. The zero-order valence-electron chi connectivity index (χ0n) is 9.16. The molecule has 0 aromatic heterocycles. The van der Waals surface area contributed by atoms with Crippen molar-refractivity contribution < 1.29 is 31.0 Å². The molecule has 1 aromatic carbocycles. The van der Waals surface area contributed by atoms with Crippen molar-refractivity contribution in [1.82, 2.24) is 5.32 Å². The van der Waals surface area contributed by atoms with Crippen LogP contribution >= 0.6 is 12.2 Å². The topological polar surface area (TPSA) is 47.8 Å². The minimum absolute atomic E-state index is 0. The molecule has 1 aromatic rings. The molecule has 0 atom stereocenters. The van der Waals surface area contributed by atoms with Crippen LogP contribution in [0.1, 0.15) is 6.99 Å². The predicted octanol–water partition coefficient (Wildman–Crippen LogP) is -1.12. The van der Waals surface area contributed by atoms with Gasteiger partial charge in [0.1, 0.15) is 0 Å². The third-order valence-electron chi connectivity index (χ3n) is 1.56. The van der Waals surface area contributed by atoms with E-state index < -0.39 is 0 Å². The van der Waals surface area contributed by atoms with Gasteiger partial charge in [0.05, 0.1) is 0 Å². The molecule has 5 heteroatoms. The van der Waals surface area contributed by atoms with E-state index in [-0.39, 0.29) is 31.0 Å². The number of thiocarbonyl (C=S) groups is 1. The largest absolute Gasteiger partial charge is 1.00 e. The maximum atomic E-state index is 8.30. The van der Waals surface area contributed by atoms with E-state index >= 15 is 0 Å². The third kappa shape index (κ3) is 4.07. The smallest absolute Gasteiger partial charge is 1.00 e. The normalized spacial score (nSPS) is 8.00. The van der Waals surface area contributed by atoms with Crippen molar-refractivity contribution in [1.29, 1.82) is 5.26 Å². The summed E-state index contributed by atoms with van der Waals surface area (Å²) >= 11 is 4.85. The van der Waals surface area contributed by atoms with Crippen LogP contribution in [0.5, 0.6) is 0 Å². The molecule has 14 heavy (non-hydrogen) atoms. The minimum Gasteiger partial charge on any atom is -1.00 e. The predicted molar refractivity (Wildman–Crippen MR) is 57.3 cm³/mol. The number of nitrogens with zero attached hydrogens (tertiary/aromatic N) is 1. The summed E-state index contributed by atoms with van der Waals surface area (Å²) in [7, 11) is 0. The molecule has 1 rings (SSSR count). The molecule has 0 heterocycles. The van der Waals surface area contributed by atoms with E-state index in [2.05, 4.69) is 10.6 Å². The van der Waals surface area contributed by atoms with Crippen molar-refractivity contribution in [2.45, 2.75) is 6.92 Å². The SMILES string of the molecule is Cc1ccccc1NC(=S)NC#N.[H-].[Na+]. The van der Waals surface area contributed by atoms with Crippen molar-refractivity contribution >= 4 is 23.0 Å². The standard InChI is InChI=1S/C9H9N3S.Na.H/c1-7-4-2-3-5-8(7)12-9(13)11-6-10;;/h2-5H,1H3,(H2,11,12,13);;/q;+1;-1. The molecule has 0 saturated carbocycles. The zero-order chi connectivity index (χ0) is 9.68. The molecule has 0 fully saturated rings. The van der Waals surface area contributed by atoms with Gasteiger partial charge in [-0.1, -0.05) is 18.2 Å². The summed E-state index contributed by atoms with van der Waals surface area (Å²) in [6.07, 6.45) is 1.75. The van der Waals surface area contributed by atoms with E-state index in [1.807, 2.05) is 31.2 Å². The van der Waals surface area contributed by atoms with E-state index in [1.54, 1.807) is 6.19 Å². The average molecular weight is 215 g/mol. The number of rotatable bonds is 1. The number of benzene rings is 1. The van der Waals surface area contributed by atoms with Crippen molar-refractivity contribution in [3.63, 3.8) is 0 Å². The molecule has 0 aliphatic carbocycles. The van der Waals surface area contributed by atoms with Gasteiger partial charge in [0.15, 0.2) is 11.3 Å². The molecule has 2 N–H and O–H groups in total. The Morgan fingerprint density at radius 3 is 2.71 bits per heavy atom. The number of aryl methyl sites for hydroxylation is 1. The fraction of sp³-hybridized carbons (Fsp3) is 0.111. The molecule has 0 saturated heterocycles. The number of hydrogen-bond donors (Lipinski definition) is 2. The van der Waals surface area contributed by atoms with Gasteiger partial charge in [-0.05, 0) is 30.8 Å². The summed E-state index contributed by atoms with van der Waals surface area (Å²) in [6.45, 7) is 1.97. The quantitative estimate of drug-likeness (QED) is 0.270. The Hall–Kier alpha value is -0.600. The summed E-state index contributed by atoms with van der Waals surface area (Å²) in [5.41, 5.74) is 2.00. The Bertz CT molecular complexity index is 365. The van der Waals surface area contributed by atoms with E-state index in [9.17, 15) is 0 Å². The second kappa shape index (κ2) is 6.80. The maximum Gasteiger partial charge on any atom is 1.00 e. The Kier molecular flexibility index (Phi) is 6.50. The Morgan fingerprint density at radius 1 is 1.50 bits per heavy atom. The summed E-state index contributed by atoms with van der Waals surface area (Å²) in [5, 5.41) is 13.9. The second-order valence-electron chi connectivity index (χ2n) is 2.51. The summed E-state index contributed by atoms with van der Waals surface area (Å²) in [4.78, 5) is 0. The van der Waals surface area contributed by atoms with Gasteiger partial charge >= 0.3 is 29.6 Å². The molecule has 68 valence electrons. The third-order valence-corrected chi connectivity index (χ3v) is 1.77. The van der Waals surface area contributed by atoms with Gasteiger partial charge in [0, 0.05) is 5.69 Å². The molecular weight excluding hydrogens is 205 g/mol. The first-order valence-corrected chi connectivity index (χ1v) is 4.16. The molecule has 0 aliphatic rings. The molecular formula is C9H10N3NaS. The van der Waals surface area contributed by atoms with Gasteiger partial charge in [-0.3, -0.25) is 5.32 Å². The van der Waals surface area contributed by atoms with Crippen molar-refractivity contribution in [3.05, 3.63) is 29.8 Å². The first-order chi connectivity index (χ1) is 6.24. The van der Waals surface area contributed by atoms with Crippen LogP contribution in [0, 0.1) is 18.4 Å². The average Bonchev–Trinajstić information content (AvgIpc) is 2.09. The van der Waals surface area contributed by atoms with E-state index in [0.717, 1.165) is 11.3 Å². The van der Waals surface area contributed by atoms with Crippen molar-refractivity contribution in [2.24, 2.45) is 0 Å². The van der Waals surface area contributed by atoms with Crippen LogP contribution in [-0.4, -0.2) is 5.11 Å². The molecule has 0 amide bonds. The first kappa shape index (κ1) is 13.4. The van der Waals surface area contributed by atoms with E-state index in [1.165, 1.54) is 0 Å². The van der Waals surface area contributed by atoms with Crippen LogP contribution in [-0.2, 0) is 0 Å². The Balaban J connectivity index is 0. The van der Waals surface area contributed by atoms with Gasteiger partial charge in [-0.25, -0.2) is 0 Å². The van der Waals surface area contributed by atoms with Gasteiger partial charge in [-0.15, -0.1) is 0 Å². The molecule has 0 aliphatic heterocycles.